The second-order valence-electron chi connectivity index (χ2n) is 5.47. The van der Waals surface area contributed by atoms with Crippen LogP contribution in [-0.4, -0.2) is 28.4 Å². The molecule has 1 unspecified atom stereocenters. The third kappa shape index (κ3) is 3.11. The molecule has 22 heavy (non-hydrogen) atoms. The Balaban J connectivity index is 2.34. The van der Waals surface area contributed by atoms with Gasteiger partial charge in [-0.3, -0.25) is 4.79 Å². The fraction of sp³-hybridized carbons (Fsp3) is 0.333. The smallest absolute Gasteiger partial charge is 0.331 e. The van der Waals surface area contributed by atoms with Gasteiger partial charge in [-0.25, -0.2) is 4.79 Å². The van der Waals surface area contributed by atoms with E-state index < -0.39 is 12.0 Å². The van der Waals surface area contributed by atoms with E-state index in [0.717, 1.165) is 5.56 Å². The average molecular weight is 299 g/mol. The molecule has 0 bridgehead atoms. The molecule has 116 valence electrons. The number of carbonyl (C=O) groups is 2. The van der Waals surface area contributed by atoms with Gasteiger partial charge in [0.15, 0.2) is 6.04 Å². The summed E-state index contributed by atoms with van der Waals surface area (Å²) in [6, 6.07) is 6.53. The molecule has 4 nitrogen and oxygen atoms in total. The van der Waals surface area contributed by atoms with E-state index in [1.54, 1.807) is 18.2 Å². The van der Waals surface area contributed by atoms with Crippen molar-refractivity contribution in [2.45, 2.75) is 25.3 Å². The molecule has 2 rings (SSSR count). The third-order valence-corrected chi connectivity index (χ3v) is 4.05. The van der Waals surface area contributed by atoms with E-state index in [1.165, 1.54) is 4.90 Å². The molecule has 0 spiro atoms. The van der Waals surface area contributed by atoms with Crippen LogP contribution >= 0.6 is 0 Å². The fourth-order valence-electron chi connectivity index (χ4n) is 3.01. The van der Waals surface area contributed by atoms with Gasteiger partial charge >= 0.3 is 5.97 Å². The normalized spacial score (nSPS) is 17.0. The topological polar surface area (TPSA) is 57.6 Å². The summed E-state index contributed by atoms with van der Waals surface area (Å²) in [6.07, 6.45) is 5.12. The number of benzene rings is 1. The molecular formula is C18H21NO3. The Hall–Kier alpha value is -2.36. The minimum atomic E-state index is -0.989. The molecule has 1 amide bonds. The van der Waals surface area contributed by atoms with Gasteiger partial charge in [0, 0.05) is 12.5 Å². The van der Waals surface area contributed by atoms with Crippen molar-refractivity contribution in [2.24, 2.45) is 5.92 Å². The van der Waals surface area contributed by atoms with Crippen molar-refractivity contribution >= 4 is 11.9 Å². The van der Waals surface area contributed by atoms with E-state index in [9.17, 15) is 14.7 Å². The van der Waals surface area contributed by atoms with Crippen LogP contribution in [0.2, 0.25) is 0 Å². The van der Waals surface area contributed by atoms with Crippen LogP contribution in [-0.2, 0) is 16.0 Å². The summed E-state index contributed by atoms with van der Waals surface area (Å²) < 4.78 is 0. The Kier molecular flexibility index (Phi) is 5.15. The van der Waals surface area contributed by atoms with Gasteiger partial charge in [0.2, 0.25) is 5.91 Å². The van der Waals surface area contributed by atoms with Crippen molar-refractivity contribution < 1.29 is 14.7 Å². The number of carbonyl (C=O) groups excluding carboxylic acids is 1. The molecule has 0 radical (unpaired) electrons. The first-order valence-electron chi connectivity index (χ1n) is 7.43. The second kappa shape index (κ2) is 7.07. The molecule has 4 heteroatoms. The van der Waals surface area contributed by atoms with Gasteiger partial charge in [0.25, 0.3) is 0 Å². The number of hydrogen-bond donors (Lipinski definition) is 1. The third-order valence-electron chi connectivity index (χ3n) is 4.05. The van der Waals surface area contributed by atoms with Crippen molar-refractivity contribution in [3.05, 3.63) is 60.7 Å². The number of aliphatic carboxylic acids is 1. The largest absolute Gasteiger partial charge is 0.479 e. The average Bonchev–Trinajstić information content (AvgIpc) is 2.52. The molecule has 0 aromatic heterocycles. The molecule has 1 aromatic carbocycles. The lowest BCUT2D eigenvalue weighted by Gasteiger charge is -2.36. The monoisotopic (exact) mass is 299 g/mol. The van der Waals surface area contributed by atoms with E-state index in [4.69, 9.17) is 0 Å². The van der Waals surface area contributed by atoms with Gasteiger partial charge in [-0.2, -0.15) is 0 Å². The molecule has 1 aliphatic rings. The van der Waals surface area contributed by atoms with Crippen LogP contribution in [0.25, 0.3) is 0 Å². The number of rotatable bonds is 6. The van der Waals surface area contributed by atoms with Crippen LogP contribution in [0.3, 0.4) is 0 Å². The van der Waals surface area contributed by atoms with Crippen LogP contribution in [0.15, 0.2) is 49.6 Å². The van der Waals surface area contributed by atoms with E-state index >= 15 is 0 Å². The fourth-order valence-corrected chi connectivity index (χ4v) is 3.01. The summed E-state index contributed by atoms with van der Waals surface area (Å²) in [7, 11) is 0. The minimum Gasteiger partial charge on any atom is -0.479 e. The number of carboxylic acid groups (broad SMARTS) is 1. The zero-order valence-corrected chi connectivity index (χ0v) is 12.6. The maximum Gasteiger partial charge on any atom is 0.331 e. The molecule has 1 heterocycles. The van der Waals surface area contributed by atoms with Crippen LogP contribution in [0.4, 0.5) is 0 Å². The highest BCUT2D eigenvalue weighted by atomic mass is 16.4. The van der Waals surface area contributed by atoms with E-state index in [0.29, 0.717) is 31.4 Å². The first kappa shape index (κ1) is 16.0. The van der Waals surface area contributed by atoms with Gasteiger partial charge in [0.1, 0.15) is 0 Å². The van der Waals surface area contributed by atoms with Crippen molar-refractivity contribution in [2.75, 3.05) is 6.54 Å². The number of carboxylic acids is 1. The molecule has 1 N–H and O–H groups in total. The minimum absolute atomic E-state index is 0.137. The van der Waals surface area contributed by atoms with Crippen molar-refractivity contribution in [3.63, 3.8) is 0 Å². The van der Waals surface area contributed by atoms with Crippen LogP contribution in [0.5, 0.6) is 0 Å². The Morgan fingerprint density at radius 2 is 1.91 bits per heavy atom. The molecule has 0 saturated heterocycles. The maximum atomic E-state index is 12.8. The van der Waals surface area contributed by atoms with Crippen molar-refractivity contribution in [1.82, 2.24) is 4.90 Å². The maximum absolute atomic E-state index is 12.8. The highest BCUT2D eigenvalue weighted by molar-refractivity contribution is 5.87. The van der Waals surface area contributed by atoms with Gasteiger partial charge in [-0.1, -0.05) is 36.4 Å². The number of allylic oxidation sites excluding steroid dienone is 2. The van der Waals surface area contributed by atoms with Gasteiger partial charge in [-0.15, -0.1) is 13.2 Å². The van der Waals surface area contributed by atoms with E-state index in [2.05, 4.69) is 13.2 Å². The van der Waals surface area contributed by atoms with Crippen molar-refractivity contribution in [3.8, 4) is 0 Å². The predicted molar refractivity (Wildman–Crippen MR) is 85.4 cm³/mol. The molecule has 0 aliphatic carbocycles. The SMILES string of the molecule is C=CCC(CC=C)C(=O)N1CCc2ccccc2C1C(=O)O. The molecule has 1 atom stereocenters. The highest BCUT2D eigenvalue weighted by Crippen LogP contribution is 2.32. The lowest BCUT2D eigenvalue weighted by Crippen LogP contribution is -2.46. The summed E-state index contributed by atoms with van der Waals surface area (Å²) in [5, 5.41) is 9.61. The highest BCUT2D eigenvalue weighted by Gasteiger charge is 2.37. The van der Waals surface area contributed by atoms with Crippen LogP contribution in [0.1, 0.15) is 30.0 Å². The lowest BCUT2D eigenvalue weighted by atomic mass is 9.90. The summed E-state index contributed by atoms with van der Waals surface area (Å²) >= 11 is 0. The Bertz CT molecular complexity index is 584. The molecule has 1 aliphatic heterocycles. The van der Waals surface area contributed by atoms with Crippen LogP contribution in [0, 0.1) is 5.92 Å². The van der Waals surface area contributed by atoms with E-state index in [1.807, 2.05) is 18.2 Å². The predicted octanol–water partition coefficient (Wildman–Crippen LogP) is 2.97. The first-order chi connectivity index (χ1) is 10.6. The number of amides is 1. The van der Waals surface area contributed by atoms with Crippen molar-refractivity contribution in [1.29, 1.82) is 0 Å². The second-order valence-corrected chi connectivity index (χ2v) is 5.47. The Morgan fingerprint density at radius 3 is 2.50 bits per heavy atom. The van der Waals surface area contributed by atoms with Gasteiger partial charge in [-0.05, 0) is 30.4 Å². The number of hydrogen-bond acceptors (Lipinski definition) is 2. The van der Waals surface area contributed by atoms with E-state index in [-0.39, 0.29) is 11.8 Å². The van der Waals surface area contributed by atoms with Gasteiger partial charge < -0.3 is 10.0 Å². The standard InChI is InChI=1S/C18H21NO3/c1-3-7-14(8-4-2)17(20)19-12-11-13-9-5-6-10-15(13)16(19)18(21)22/h3-6,9-10,14,16H,1-2,7-8,11-12H2,(H,21,22). The zero-order chi connectivity index (χ0) is 16.1. The summed E-state index contributed by atoms with van der Waals surface area (Å²) in [4.78, 5) is 26.0. The van der Waals surface area contributed by atoms with Gasteiger partial charge in [0.05, 0.1) is 0 Å². The quantitative estimate of drug-likeness (QED) is 0.822. The number of nitrogens with zero attached hydrogens (tertiary/aromatic N) is 1. The zero-order valence-electron chi connectivity index (χ0n) is 12.6. The first-order valence-corrected chi connectivity index (χ1v) is 7.43. The molecule has 0 fully saturated rings. The number of fused-ring (bicyclic) bond motifs is 1. The molecule has 1 aromatic rings. The molecular weight excluding hydrogens is 278 g/mol. The van der Waals surface area contributed by atoms with Crippen LogP contribution < -0.4 is 0 Å². The summed E-state index contributed by atoms with van der Waals surface area (Å²) in [5.41, 5.74) is 1.72. The Labute approximate surface area is 130 Å². The summed E-state index contributed by atoms with van der Waals surface area (Å²) in [5.74, 6) is -1.42. The summed E-state index contributed by atoms with van der Waals surface area (Å²) in [6.45, 7) is 7.79. The lowest BCUT2D eigenvalue weighted by molar-refractivity contribution is -0.153. The molecule has 0 saturated carbocycles. The Morgan fingerprint density at radius 1 is 1.27 bits per heavy atom.